The Morgan fingerprint density at radius 3 is 2.62 bits per heavy atom. The summed E-state index contributed by atoms with van der Waals surface area (Å²) in [5.41, 5.74) is 1.40. The molecule has 1 aliphatic rings. The van der Waals surface area contributed by atoms with Crippen molar-refractivity contribution in [1.29, 1.82) is 0 Å². The van der Waals surface area contributed by atoms with Gasteiger partial charge in [-0.3, -0.25) is 4.79 Å². The van der Waals surface area contributed by atoms with Crippen molar-refractivity contribution in [3.05, 3.63) is 41.3 Å². The second kappa shape index (κ2) is 8.96. The first-order valence-electron chi connectivity index (χ1n) is 9.76. The molecule has 9 heteroatoms. The van der Waals surface area contributed by atoms with Gasteiger partial charge >= 0.3 is 0 Å². The minimum Gasteiger partial charge on any atom is -0.483 e. The van der Waals surface area contributed by atoms with Crippen molar-refractivity contribution in [1.82, 2.24) is 14.4 Å². The summed E-state index contributed by atoms with van der Waals surface area (Å²) in [7, 11) is -3.71. The Bertz CT molecular complexity index is 951. The van der Waals surface area contributed by atoms with Crippen LogP contribution in [0.15, 0.2) is 33.7 Å². The molecule has 0 unspecified atom stereocenters. The molecule has 1 amide bonds. The number of carbonyl (C=O) groups is 1. The van der Waals surface area contributed by atoms with E-state index < -0.39 is 10.0 Å². The SMILES string of the molecule is CCc1ccccc1OCC(=O)N1CCCN(S(=O)(=O)c2c(C)noc2C)CC1. The predicted molar refractivity (Wildman–Crippen MR) is 107 cm³/mol. The maximum absolute atomic E-state index is 13.0. The molecule has 1 saturated heterocycles. The molecular formula is C20H27N3O5S. The Kier molecular flexibility index (Phi) is 6.59. The highest BCUT2D eigenvalue weighted by molar-refractivity contribution is 7.89. The normalized spacial score (nSPS) is 15.9. The zero-order valence-electron chi connectivity index (χ0n) is 17.1. The molecule has 0 aliphatic carbocycles. The minimum absolute atomic E-state index is 0.0619. The number of para-hydroxylation sites is 1. The maximum Gasteiger partial charge on any atom is 0.260 e. The Hall–Kier alpha value is -2.39. The smallest absolute Gasteiger partial charge is 0.260 e. The first-order chi connectivity index (χ1) is 13.8. The number of aryl methyl sites for hydroxylation is 3. The van der Waals surface area contributed by atoms with Crippen molar-refractivity contribution in [2.24, 2.45) is 0 Å². The minimum atomic E-state index is -3.71. The first kappa shape index (κ1) is 21.3. The van der Waals surface area contributed by atoms with Gasteiger partial charge in [-0.25, -0.2) is 8.42 Å². The summed E-state index contributed by atoms with van der Waals surface area (Å²) in [6.45, 7) is 6.56. The van der Waals surface area contributed by atoms with Gasteiger partial charge in [-0.2, -0.15) is 4.31 Å². The third kappa shape index (κ3) is 4.62. The second-order valence-electron chi connectivity index (χ2n) is 7.04. The monoisotopic (exact) mass is 421 g/mol. The third-order valence-electron chi connectivity index (χ3n) is 5.08. The molecule has 3 rings (SSSR count). The summed E-state index contributed by atoms with van der Waals surface area (Å²) in [6.07, 6.45) is 1.38. The number of hydrogen-bond donors (Lipinski definition) is 0. The van der Waals surface area contributed by atoms with Crippen LogP contribution < -0.4 is 4.74 Å². The van der Waals surface area contributed by atoms with Gasteiger partial charge < -0.3 is 14.2 Å². The van der Waals surface area contributed by atoms with Gasteiger partial charge in [0.1, 0.15) is 16.3 Å². The van der Waals surface area contributed by atoms with Crippen LogP contribution in [0.5, 0.6) is 5.75 Å². The molecule has 2 aromatic rings. The van der Waals surface area contributed by atoms with E-state index in [2.05, 4.69) is 5.16 Å². The van der Waals surface area contributed by atoms with Gasteiger partial charge in [-0.05, 0) is 38.3 Å². The van der Waals surface area contributed by atoms with Gasteiger partial charge in [0, 0.05) is 26.2 Å². The van der Waals surface area contributed by atoms with Crippen molar-refractivity contribution < 1.29 is 22.5 Å². The van der Waals surface area contributed by atoms with Crippen LogP contribution in [0.1, 0.15) is 30.4 Å². The number of benzene rings is 1. The van der Waals surface area contributed by atoms with E-state index in [1.54, 1.807) is 18.7 Å². The Morgan fingerprint density at radius 2 is 1.93 bits per heavy atom. The van der Waals surface area contributed by atoms with Crippen molar-refractivity contribution in [2.75, 3.05) is 32.8 Å². The molecule has 1 aromatic carbocycles. The second-order valence-corrected chi connectivity index (χ2v) is 8.92. The zero-order valence-corrected chi connectivity index (χ0v) is 17.9. The van der Waals surface area contributed by atoms with Crippen LogP contribution in [0.4, 0.5) is 0 Å². The van der Waals surface area contributed by atoms with Gasteiger partial charge in [0.05, 0.1) is 0 Å². The maximum atomic E-state index is 13.0. The fourth-order valence-electron chi connectivity index (χ4n) is 3.52. The van der Waals surface area contributed by atoms with Crippen LogP contribution in [0, 0.1) is 13.8 Å². The number of sulfonamides is 1. The largest absolute Gasteiger partial charge is 0.483 e. The average molecular weight is 422 g/mol. The van der Waals surface area contributed by atoms with Crippen LogP contribution in [-0.4, -0.2) is 61.5 Å². The number of amides is 1. The molecule has 0 atom stereocenters. The van der Waals surface area contributed by atoms with Gasteiger partial charge in [0.15, 0.2) is 12.4 Å². The summed E-state index contributed by atoms with van der Waals surface area (Å²) in [5, 5.41) is 3.75. The standard InChI is InChI=1S/C20H27N3O5S/c1-4-17-8-5-6-9-18(17)27-14-19(24)22-10-7-11-23(13-12-22)29(25,26)20-15(2)21-28-16(20)3/h5-6,8-9H,4,7,10-14H2,1-3H3. The topological polar surface area (TPSA) is 93.0 Å². The number of hydrogen-bond acceptors (Lipinski definition) is 6. The van der Waals surface area contributed by atoms with E-state index in [0.29, 0.717) is 37.5 Å². The lowest BCUT2D eigenvalue weighted by molar-refractivity contribution is -0.133. The molecule has 2 heterocycles. The molecule has 29 heavy (non-hydrogen) atoms. The van der Waals surface area contributed by atoms with E-state index in [0.717, 1.165) is 12.0 Å². The number of carbonyl (C=O) groups excluding carboxylic acids is 1. The molecule has 1 aromatic heterocycles. The van der Waals surface area contributed by atoms with E-state index in [1.165, 1.54) is 4.31 Å². The Morgan fingerprint density at radius 1 is 1.17 bits per heavy atom. The van der Waals surface area contributed by atoms with Crippen LogP contribution in [0.25, 0.3) is 0 Å². The average Bonchev–Trinajstić information content (AvgIpc) is 2.91. The molecule has 8 nitrogen and oxygen atoms in total. The lowest BCUT2D eigenvalue weighted by Gasteiger charge is -2.22. The predicted octanol–water partition coefficient (Wildman–Crippen LogP) is 2.16. The van der Waals surface area contributed by atoms with Crippen LogP contribution in [-0.2, 0) is 21.2 Å². The highest BCUT2D eigenvalue weighted by Crippen LogP contribution is 2.24. The molecule has 0 saturated carbocycles. The molecule has 0 N–H and O–H groups in total. The van der Waals surface area contributed by atoms with Crippen molar-refractivity contribution >= 4 is 15.9 Å². The number of ether oxygens (including phenoxy) is 1. The van der Waals surface area contributed by atoms with E-state index >= 15 is 0 Å². The fraction of sp³-hybridized carbons (Fsp3) is 0.500. The molecule has 1 aliphatic heterocycles. The quantitative estimate of drug-likeness (QED) is 0.710. The van der Waals surface area contributed by atoms with Gasteiger partial charge in [0.2, 0.25) is 10.0 Å². The highest BCUT2D eigenvalue weighted by atomic mass is 32.2. The summed E-state index contributed by atoms with van der Waals surface area (Å²) in [5.74, 6) is 0.843. The van der Waals surface area contributed by atoms with Gasteiger partial charge in [-0.15, -0.1) is 0 Å². The van der Waals surface area contributed by atoms with E-state index in [4.69, 9.17) is 9.26 Å². The van der Waals surface area contributed by atoms with Crippen LogP contribution >= 0.6 is 0 Å². The third-order valence-corrected chi connectivity index (χ3v) is 7.22. The summed E-state index contributed by atoms with van der Waals surface area (Å²) in [6, 6.07) is 7.65. The van der Waals surface area contributed by atoms with Crippen molar-refractivity contribution in [3.63, 3.8) is 0 Å². The van der Waals surface area contributed by atoms with E-state index in [1.807, 2.05) is 31.2 Å². The van der Waals surface area contributed by atoms with Crippen molar-refractivity contribution in [3.8, 4) is 5.75 Å². The summed E-state index contributed by atoms with van der Waals surface area (Å²) >= 11 is 0. The van der Waals surface area contributed by atoms with Crippen LogP contribution in [0.3, 0.4) is 0 Å². The van der Waals surface area contributed by atoms with Gasteiger partial charge in [0.25, 0.3) is 5.91 Å². The molecule has 158 valence electrons. The molecular weight excluding hydrogens is 394 g/mol. The number of aromatic nitrogens is 1. The Balaban J connectivity index is 1.63. The lowest BCUT2D eigenvalue weighted by atomic mass is 10.1. The first-order valence-corrected chi connectivity index (χ1v) is 11.2. The molecule has 1 fully saturated rings. The van der Waals surface area contributed by atoms with Gasteiger partial charge in [-0.1, -0.05) is 30.3 Å². The lowest BCUT2D eigenvalue weighted by Crippen LogP contribution is -2.39. The van der Waals surface area contributed by atoms with E-state index in [9.17, 15) is 13.2 Å². The molecule has 0 bridgehead atoms. The summed E-state index contributed by atoms with van der Waals surface area (Å²) < 4.78 is 38.1. The highest BCUT2D eigenvalue weighted by Gasteiger charge is 2.32. The van der Waals surface area contributed by atoms with E-state index in [-0.39, 0.29) is 29.7 Å². The summed E-state index contributed by atoms with van der Waals surface area (Å²) in [4.78, 5) is 14.4. The zero-order chi connectivity index (χ0) is 21.0. The number of rotatable bonds is 6. The fourth-order valence-corrected chi connectivity index (χ4v) is 5.28. The molecule has 0 spiro atoms. The molecule has 0 radical (unpaired) electrons. The number of nitrogens with zero attached hydrogens (tertiary/aromatic N) is 3. The van der Waals surface area contributed by atoms with Crippen LogP contribution in [0.2, 0.25) is 0 Å². The van der Waals surface area contributed by atoms with Crippen molar-refractivity contribution in [2.45, 2.75) is 38.5 Å². The Labute approximate surface area is 171 Å².